The first kappa shape index (κ1) is 18.1. The van der Waals surface area contributed by atoms with E-state index in [4.69, 9.17) is 0 Å². The Hall–Kier alpha value is -1.92. The highest BCUT2D eigenvalue weighted by Gasteiger charge is 2.34. The first-order valence-electron chi connectivity index (χ1n) is 6.25. The Morgan fingerprint density at radius 3 is 2.36 bits per heavy atom. The summed E-state index contributed by atoms with van der Waals surface area (Å²) >= 11 is 4.36. The molecule has 1 rings (SSSR count). The molecule has 0 unspecified atom stereocenters. The number of rotatable bonds is 3. The molecule has 22 heavy (non-hydrogen) atoms. The first-order valence-corrected chi connectivity index (χ1v) is 6.66. The van der Waals surface area contributed by atoms with Gasteiger partial charge in [-0.2, -0.15) is 18.2 Å². The van der Waals surface area contributed by atoms with Gasteiger partial charge in [0.1, 0.15) is 0 Å². The molecule has 0 saturated carbocycles. The van der Waals surface area contributed by atoms with Gasteiger partial charge in [0.2, 0.25) is 0 Å². The number of thiocarbonyl (C=S) groups is 1. The summed E-state index contributed by atoms with van der Waals surface area (Å²) in [5, 5.41) is 11.1. The molecule has 0 aliphatic carbocycles. The molecule has 0 saturated heterocycles. The van der Waals surface area contributed by atoms with E-state index in [1.54, 1.807) is 20.8 Å². The lowest BCUT2D eigenvalue weighted by molar-refractivity contribution is -0.137. The molecular weight excluding hydrogens is 317 g/mol. The highest BCUT2D eigenvalue weighted by atomic mass is 32.1. The summed E-state index contributed by atoms with van der Waals surface area (Å²) in [4.78, 5) is 15.8. The quantitative estimate of drug-likeness (QED) is 0.644. The maximum Gasteiger partial charge on any atom is 0.418 e. The van der Waals surface area contributed by atoms with E-state index < -0.39 is 23.4 Å². The van der Waals surface area contributed by atoms with Crippen LogP contribution < -0.4 is 0 Å². The molecule has 0 aliphatic heterocycles. The molecule has 0 fully saturated rings. The Bertz CT molecular complexity index is 617. The summed E-state index contributed by atoms with van der Waals surface area (Å²) in [6.07, 6.45) is -5.73. The number of aliphatic imine (C=N–C) groups is 1. The van der Waals surface area contributed by atoms with Gasteiger partial charge in [-0.05, 0) is 50.7 Å². The first-order chi connectivity index (χ1) is 9.96. The minimum absolute atomic E-state index is 0.0586. The lowest BCUT2D eigenvalue weighted by Gasteiger charge is -2.33. The predicted molar refractivity (Wildman–Crippen MR) is 79.5 cm³/mol. The summed E-state index contributed by atoms with van der Waals surface area (Å²) in [5.41, 5.74) is -1.62. The van der Waals surface area contributed by atoms with Crippen molar-refractivity contribution in [3.63, 3.8) is 0 Å². The number of carboxylic acid groups (broad SMARTS) is 1. The van der Waals surface area contributed by atoms with Crippen molar-refractivity contribution in [2.24, 2.45) is 4.99 Å². The number of hydrogen-bond acceptors (Lipinski definition) is 3. The second-order valence-corrected chi connectivity index (χ2v) is 5.77. The number of amides is 1. The van der Waals surface area contributed by atoms with Crippen molar-refractivity contribution in [2.45, 2.75) is 39.0 Å². The number of halogens is 3. The van der Waals surface area contributed by atoms with Crippen LogP contribution in [-0.4, -0.2) is 26.8 Å². The van der Waals surface area contributed by atoms with E-state index in [0.717, 1.165) is 11.0 Å². The molecule has 0 bridgehead atoms. The van der Waals surface area contributed by atoms with Crippen molar-refractivity contribution >= 4 is 29.2 Å². The van der Waals surface area contributed by atoms with Crippen molar-refractivity contribution in [1.29, 1.82) is 0 Å². The van der Waals surface area contributed by atoms with Gasteiger partial charge in [-0.3, -0.25) is 4.90 Å². The molecular formula is C14H15F3N2O2S. The molecule has 120 valence electrons. The highest BCUT2D eigenvalue weighted by Crippen LogP contribution is 2.37. The second kappa shape index (κ2) is 6.46. The van der Waals surface area contributed by atoms with Gasteiger partial charge in [0.25, 0.3) is 0 Å². The van der Waals surface area contributed by atoms with Crippen molar-refractivity contribution in [3.05, 3.63) is 29.3 Å². The number of alkyl halides is 3. The summed E-state index contributed by atoms with van der Waals surface area (Å²) in [5.74, 6) is 0. The molecule has 4 nitrogen and oxygen atoms in total. The van der Waals surface area contributed by atoms with E-state index in [2.05, 4.69) is 17.2 Å². The monoisotopic (exact) mass is 332 g/mol. The molecule has 1 amide bonds. The largest absolute Gasteiger partial charge is 0.465 e. The third-order valence-corrected chi connectivity index (χ3v) is 3.01. The smallest absolute Gasteiger partial charge is 0.418 e. The van der Waals surface area contributed by atoms with Gasteiger partial charge >= 0.3 is 12.3 Å². The average molecular weight is 332 g/mol. The Balaban J connectivity index is 3.25. The van der Waals surface area contributed by atoms with Crippen LogP contribution in [0.1, 0.15) is 31.9 Å². The molecule has 0 heterocycles. The van der Waals surface area contributed by atoms with E-state index in [9.17, 15) is 23.1 Å². The number of nitrogens with zero attached hydrogens (tertiary/aromatic N) is 2. The maximum atomic E-state index is 12.9. The summed E-state index contributed by atoms with van der Waals surface area (Å²) < 4.78 is 38.6. The molecule has 0 spiro atoms. The molecule has 8 heteroatoms. The molecule has 0 aliphatic rings. The van der Waals surface area contributed by atoms with Crippen LogP contribution in [0, 0.1) is 0 Å². The van der Waals surface area contributed by atoms with Crippen LogP contribution in [0.3, 0.4) is 0 Å². The number of benzene rings is 1. The van der Waals surface area contributed by atoms with Gasteiger partial charge in [-0.25, -0.2) is 4.79 Å². The molecule has 1 N–H and O–H groups in total. The standard InChI is InChI=1S/C14H15F3N2O2S/c1-13(2,3)19(12(20)21)7-9-4-5-10(14(15,16)17)11(6-9)18-8-22/h4-6H,7H2,1-3H3,(H,20,21). The normalized spacial score (nSPS) is 11.7. The van der Waals surface area contributed by atoms with Crippen LogP contribution in [0.5, 0.6) is 0 Å². The van der Waals surface area contributed by atoms with Gasteiger partial charge in [0.05, 0.1) is 16.4 Å². The van der Waals surface area contributed by atoms with Crippen LogP contribution in [-0.2, 0) is 12.7 Å². The van der Waals surface area contributed by atoms with E-state index in [0.29, 0.717) is 5.56 Å². The van der Waals surface area contributed by atoms with Gasteiger partial charge in [-0.1, -0.05) is 6.07 Å². The van der Waals surface area contributed by atoms with Crippen LogP contribution in [0.15, 0.2) is 23.2 Å². The lowest BCUT2D eigenvalue weighted by Crippen LogP contribution is -2.44. The van der Waals surface area contributed by atoms with Crippen LogP contribution in [0.25, 0.3) is 0 Å². The fourth-order valence-corrected chi connectivity index (χ4v) is 1.93. The van der Waals surface area contributed by atoms with Gasteiger partial charge in [-0.15, -0.1) is 0 Å². The zero-order chi connectivity index (χ0) is 17.1. The molecule has 0 atom stereocenters. The maximum absolute atomic E-state index is 12.9. The zero-order valence-electron chi connectivity index (χ0n) is 12.2. The minimum Gasteiger partial charge on any atom is -0.465 e. The molecule has 0 radical (unpaired) electrons. The van der Waals surface area contributed by atoms with Gasteiger partial charge in [0.15, 0.2) is 0 Å². The Morgan fingerprint density at radius 2 is 1.95 bits per heavy atom. The Morgan fingerprint density at radius 1 is 1.36 bits per heavy atom. The van der Waals surface area contributed by atoms with Crippen LogP contribution in [0.4, 0.5) is 23.7 Å². The van der Waals surface area contributed by atoms with Crippen molar-refractivity contribution < 1.29 is 23.1 Å². The topological polar surface area (TPSA) is 52.9 Å². The summed E-state index contributed by atoms with van der Waals surface area (Å²) in [6, 6.07) is 3.26. The molecule has 1 aromatic carbocycles. The average Bonchev–Trinajstić information content (AvgIpc) is 2.33. The number of carbonyl (C=O) groups is 1. The fraction of sp³-hybridized carbons (Fsp3) is 0.429. The molecule has 1 aromatic rings. The third kappa shape index (κ3) is 4.54. The van der Waals surface area contributed by atoms with Crippen LogP contribution >= 0.6 is 12.2 Å². The second-order valence-electron chi connectivity index (χ2n) is 5.59. The van der Waals surface area contributed by atoms with Gasteiger partial charge in [0, 0.05) is 12.1 Å². The highest BCUT2D eigenvalue weighted by molar-refractivity contribution is 7.78. The van der Waals surface area contributed by atoms with Gasteiger partial charge < -0.3 is 5.11 Å². The number of isothiocyanates is 1. The third-order valence-electron chi connectivity index (χ3n) is 2.91. The summed E-state index contributed by atoms with van der Waals surface area (Å²) in [7, 11) is 0. The van der Waals surface area contributed by atoms with Crippen molar-refractivity contribution in [2.75, 3.05) is 0 Å². The molecule has 0 aromatic heterocycles. The Kier molecular flexibility index (Phi) is 5.32. The zero-order valence-corrected chi connectivity index (χ0v) is 13.0. The van der Waals surface area contributed by atoms with E-state index in [1.165, 1.54) is 12.1 Å². The predicted octanol–water partition coefficient (Wildman–Crippen LogP) is 4.72. The van der Waals surface area contributed by atoms with E-state index in [1.807, 2.05) is 5.16 Å². The Labute approximate surface area is 131 Å². The minimum atomic E-state index is -4.57. The van der Waals surface area contributed by atoms with Crippen molar-refractivity contribution in [1.82, 2.24) is 4.90 Å². The SMILES string of the molecule is CC(C)(C)N(Cc1ccc(C(F)(F)F)c(N=C=S)c1)C(=O)O. The fourth-order valence-electron chi connectivity index (χ4n) is 1.83. The van der Waals surface area contributed by atoms with Crippen molar-refractivity contribution in [3.8, 4) is 0 Å². The van der Waals surface area contributed by atoms with E-state index in [-0.39, 0.29) is 12.2 Å². The number of hydrogen-bond donors (Lipinski definition) is 1. The lowest BCUT2D eigenvalue weighted by atomic mass is 10.0. The summed E-state index contributed by atoms with van der Waals surface area (Å²) in [6.45, 7) is 5.03. The van der Waals surface area contributed by atoms with Crippen LogP contribution in [0.2, 0.25) is 0 Å². The van der Waals surface area contributed by atoms with E-state index >= 15 is 0 Å².